The topological polar surface area (TPSA) is 105 Å². The van der Waals surface area contributed by atoms with Crippen molar-refractivity contribution in [2.75, 3.05) is 25.5 Å². The highest BCUT2D eigenvalue weighted by molar-refractivity contribution is 5.88. The number of rotatable bonds is 3. The number of nitrogens with zero attached hydrogens (tertiary/aromatic N) is 7. The summed E-state index contributed by atoms with van der Waals surface area (Å²) >= 11 is 0. The first-order chi connectivity index (χ1) is 12.0. The normalized spacial score (nSPS) is 13.9. The minimum atomic E-state index is -0.243. The first-order valence-electron chi connectivity index (χ1n) is 7.94. The number of hydrogen-bond donors (Lipinski definition) is 1. The van der Waals surface area contributed by atoms with Crippen LogP contribution in [0.3, 0.4) is 0 Å². The lowest BCUT2D eigenvalue weighted by Gasteiger charge is -2.28. The summed E-state index contributed by atoms with van der Waals surface area (Å²) in [7, 11) is 3.31. The molecule has 0 aliphatic carbocycles. The maximum Gasteiger partial charge on any atom is 0.346 e. The van der Waals surface area contributed by atoms with Gasteiger partial charge in [-0.1, -0.05) is 0 Å². The lowest BCUT2D eigenvalue weighted by Crippen LogP contribution is -2.38. The summed E-state index contributed by atoms with van der Waals surface area (Å²) in [6.45, 7) is 1.63. The second-order valence-electron chi connectivity index (χ2n) is 6.18. The molecule has 0 unspecified atom stereocenters. The average Bonchev–Trinajstić information content (AvgIpc) is 3.19. The third-order valence-corrected chi connectivity index (χ3v) is 4.38. The Morgan fingerprint density at radius 2 is 2.20 bits per heavy atom. The van der Waals surface area contributed by atoms with E-state index in [1.165, 1.54) is 9.58 Å². The Kier molecular flexibility index (Phi) is 3.52. The molecule has 0 saturated heterocycles. The lowest BCUT2D eigenvalue weighted by atomic mass is 10.2. The quantitative estimate of drug-likeness (QED) is 0.683. The van der Waals surface area contributed by atoms with Crippen molar-refractivity contribution >= 4 is 22.6 Å². The maximum absolute atomic E-state index is 12.4. The van der Waals surface area contributed by atoms with Gasteiger partial charge >= 0.3 is 5.69 Å². The highest BCUT2D eigenvalue weighted by Gasteiger charge is 2.24. The van der Waals surface area contributed by atoms with Crippen LogP contribution in [-0.4, -0.2) is 61.0 Å². The summed E-state index contributed by atoms with van der Waals surface area (Å²) in [5.74, 6) is 0.486. The first-order valence-corrected chi connectivity index (χ1v) is 7.94. The largest absolute Gasteiger partial charge is 0.361 e. The van der Waals surface area contributed by atoms with E-state index in [-0.39, 0.29) is 18.1 Å². The van der Waals surface area contributed by atoms with Crippen LogP contribution in [0.5, 0.6) is 0 Å². The number of aromatic amines is 1. The van der Waals surface area contributed by atoms with Gasteiger partial charge in [-0.3, -0.25) is 14.5 Å². The van der Waals surface area contributed by atoms with Gasteiger partial charge in [-0.2, -0.15) is 10.2 Å². The smallest absolute Gasteiger partial charge is 0.346 e. The van der Waals surface area contributed by atoms with Gasteiger partial charge in [0.15, 0.2) is 11.5 Å². The first kappa shape index (κ1) is 15.4. The number of hydrogen-bond acceptors (Lipinski definition) is 6. The van der Waals surface area contributed by atoms with Crippen LogP contribution in [0.25, 0.3) is 11.0 Å². The summed E-state index contributed by atoms with van der Waals surface area (Å²) in [6.07, 6.45) is 3.47. The van der Waals surface area contributed by atoms with Crippen LogP contribution in [0.1, 0.15) is 5.82 Å². The Balaban J connectivity index is 1.64. The van der Waals surface area contributed by atoms with E-state index in [4.69, 9.17) is 0 Å². The molecule has 0 bridgehead atoms. The molecule has 4 rings (SSSR count). The fourth-order valence-electron chi connectivity index (χ4n) is 2.99. The summed E-state index contributed by atoms with van der Waals surface area (Å²) < 4.78 is 2.87. The SMILES string of the molecule is CN(C)C(=O)Cn1nc2n(c1=O)CCN(c1ccnc3[nH]ncc13)C2. The molecular weight excluding hydrogens is 324 g/mol. The van der Waals surface area contributed by atoms with E-state index in [9.17, 15) is 9.59 Å². The van der Waals surface area contributed by atoms with Crippen LogP contribution in [-0.2, 0) is 24.4 Å². The van der Waals surface area contributed by atoms with Crippen molar-refractivity contribution in [3.05, 3.63) is 34.8 Å². The maximum atomic E-state index is 12.4. The van der Waals surface area contributed by atoms with Crippen LogP contribution in [0.2, 0.25) is 0 Å². The molecule has 0 radical (unpaired) electrons. The molecule has 0 saturated carbocycles. The number of aromatic nitrogens is 6. The fraction of sp³-hybridized carbons (Fsp3) is 0.400. The molecule has 1 aliphatic heterocycles. The zero-order valence-electron chi connectivity index (χ0n) is 14.0. The number of anilines is 1. The minimum absolute atomic E-state index is 0.0485. The summed E-state index contributed by atoms with van der Waals surface area (Å²) in [5.41, 5.74) is 1.48. The number of H-pyrrole nitrogens is 1. The van der Waals surface area contributed by atoms with Gasteiger partial charge in [-0.25, -0.2) is 14.5 Å². The fourth-order valence-corrected chi connectivity index (χ4v) is 2.99. The monoisotopic (exact) mass is 342 g/mol. The summed E-state index contributed by atoms with van der Waals surface area (Å²) in [6, 6.07) is 1.93. The zero-order chi connectivity index (χ0) is 17.6. The standard InChI is InChI=1S/C15H18N8O2/c1-20(2)13(24)9-23-15(25)22-6-5-21(8-12(22)19-23)11-3-4-16-14-10(11)7-17-18-14/h3-4,7H,5-6,8-9H2,1-2H3,(H,16,17,18). The molecule has 25 heavy (non-hydrogen) atoms. The van der Waals surface area contributed by atoms with Gasteiger partial charge in [-0.15, -0.1) is 0 Å². The van der Waals surface area contributed by atoms with Crippen molar-refractivity contribution < 1.29 is 4.79 Å². The van der Waals surface area contributed by atoms with Crippen LogP contribution < -0.4 is 10.6 Å². The minimum Gasteiger partial charge on any atom is -0.361 e. The molecule has 0 aromatic carbocycles. The Morgan fingerprint density at radius 1 is 1.36 bits per heavy atom. The van der Waals surface area contributed by atoms with E-state index in [0.29, 0.717) is 25.5 Å². The van der Waals surface area contributed by atoms with Crippen molar-refractivity contribution in [2.45, 2.75) is 19.6 Å². The highest BCUT2D eigenvalue weighted by Crippen LogP contribution is 2.26. The Hall–Kier alpha value is -3.17. The van der Waals surface area contributed by atoms with Gasteiger partial charge < -0.3 is 9.80 Å². The molecule has 130 valence electrons. The molecule has 1 N–H and O–H groups in total. The van der Waals surface area contributed by atoms with Gasteiger partial charge in [-0.05, 0) is 6.07 Å². The van der Waals surface area contributed by atoms with E-state index in [1.807, 2.05) is 6.07 Å². The van der Waals surface area contributed by atoms with Gasteiger partial charge in [0, 0.05) is 33.4 Å². The number of amides is 1. The molecule has 10 nitrogen and oxygen atoms in total. The van der Waals surface area contributed by atoms with E-state index < -0.39 is 0 Å². The molecule has 1 aliphatic rings. The van der Waals surface area contributed by atoms with Crippen molar-refractivity contribution in [1.82, 2.24) is 34.4 Å². The number of nitrogens with one attached hydrogen (secondary N) is 1. The third-order valence-electron chi connectivity index (χ3n) is 4.38. The molecular formula is C15H18N8O2. The van der Waals surface area contributed by atoms with E-state index in [0.717, 1.165) is 16.7 Å². The predicted molar refractivity (Wildman–Crippen MR) is 90.1 cm³/mol. The van der Waals surface area contributed by atoms with Crippen LogP contribution >= 0.6 is 0 Å². The molecule has 0 spiro atoms. The zero-order valence-corrected chi connectivity index (χ0v) is 14.0. The highest BCUT2D eigenvalue weighted by atomic mass is 16.2. The molecule has 3 aromatic rings. The number of carbonyl (C=O) groups excluding carboxylic acids is 1. The Bertz CT molecular complexity index is 999. The molecule has 3 aromatic heterocycles. The second-order valence-corrected chi connectivity index (χ2v) is 6.18. The molecule has 0 atom stereocenters. The molecule has 4 heterocycles. The lowest BCUT2D eigenvalue weighted by molar-refractivity contribution is -0.129. The Morgan fingerprint density at radius 3 is 3.00 bits per heavy atom. The number of carbonyl (C=O) groups is 1. The van der Waals surface area contributed by atoms with Crippen LogP contribution in [0, 0.1) is 0 Å². The number of fused-ring (bicyclic) bond motifs is 2. The predicted octanol–water partition coefficient (Wildman–Crippen LogP) is -0.575. The van der Waals surface area contributed by atoms with Gasteiger partial charge in [0.2, 0.25) is 5.91 Å². The molecule has 1 amide bonds. The van der Waals surface area contributed by atoms with Crippen molar-refractivity contribution in [3.8, 4) is 0 Å². The number of likely N-dealkylation sites (N-methyl/N-ethyl adjacent to an activating group) is 1. The third kappa shape index (κ3) is 2.55. The van der Waals surface area contributed by atoms with Gasteiger partial charge in [0.25, 0.3) is 0 Å². The van der Waals surface area contributed by atoms with Crippen LogP contribution in [0.4, 0.5) is 5.69 Å². The van der Waals surface area contributed by atoms with Crippen molar-refractivity contribution in [1.29, 1.82) is 0 Å². The van der Waals surface area contributed by atoms with E-state index >= 15 is 0 Å². The summed E-state index contributed by atoms with van der Waals surface area (Å²) in [4.78, 5) is 32.1. The Labute approximate surface area is 142 Å². The summed E-state index contributed by atoms with van der Waals surface area (Å²) in [5, 5.41) is 12.2. The molecule has 10 heteroatoms. The van der Waals surface area contributed by atoms with Gasteiger partial charge in [0.05, 0.1) is 23.8 Å². The van der Waals surface area contributed by atoms with E-state index in [1.54, 1.807) is 31.1 Å². The van der Waals surface area contributed by atoms with Crippen molar-refractivity contribution in [3.63, 3.8) is 0 Å². The van der Waals surface area contributed by atoms with Crippen LogP contribution in [0.15, 0.2) is 23.3 Å². The van der Waals surface area contributed by atoms with Gasteiger partial charge in [0.1, 0.15) is 6.54 Å². The van der Waals surface area contributed by atoms with E-state index in [2.05, 4.69) is 25.2 Å². The van der Waals surface area contributed by atoms with Crippen molar-refractivity contribution in [2.24, 2.45) is 0 Å². The number of pyridine rings is 1. The molecule has 0 fully saturated rings. The second kappa shape index (κ2) is 5.72. The average molecular weight is 342 g/mol.